The van der Waals surface area contributed by atoms with E-state index in [1.165, 1.54) is 0 Å². The van der Waals surface area contributed by atoms with E-state index < -0.39 is 0 Å². The molecule has 5 heteroatoms. The van der Waals surface area contributed by atoms with Crippen molar-refractivity contribution in [1.29, 1.82) is 5.26 Å². The van der Waals surface area contributed by atoms with E-state index in [0.717, 1.165) is 27.5 Å². The van der Waals surface area contributed by atoms with Crippen molar-refractivity contribution >= 4 is 11.8 Å². The Kier molecular flexibility index (Phi) is 5.54. The van der Waals surface area contributed by atoms with Gasteiger partial charge in [0.2, 0.25) is 0 Å². The van der Waals surface area contributed by atoms with E-state index in [4.69, 9.17) is 5.11 Å². The summed E-state index contributed by atoms with van der Waals surface area (Å²) in [4.78, 5) is 1.13. The number of aliphatic hydroxyl groups excluding tert-OH is 1. The fraction of sp³-hybridized carbons (Fsp3) is 0.200. The van der Waals surface area contributed by atoms with Gasteiger partial charge in [0.15, 0.2) is 0 Å². The lowest BCUT2D eigenvalue weighted by Crippen LogP contribution is -2.02. The van der Waals surface area contributed by atoms with Crippen LogP contribution in [0.25, 0.3) is 5.69 Å². The molecule has 0 aliphatic rings. The second-order valence-corrected chi connectivity index (χ2v) is 6.72. The van der Waals surface area contributed by atoms with Crippen molar-refractivity contribution in [2.45, 2.75) is 24.0 Å². The van der Waals surface area contributed by atoms with Crippen LogP contribution in [0.1, 0.15) is 22.5 Å². The second kappa shape index (κ2) is 8.02. The maximum absolute atomic E-state index is 9.52. The summed E-state index contributed by atoms with van der Waals surface area (Å²) in [6.07, 6.45) is 0.670. The zero-order chi connectivity index (χ0) is 17.6. The molecular weight excluding hydrogens is 330 g/mol. The first kappa shape index (κ1) is 17.3. The Morgan fingerprint density at radius 2 is 1.84 bits per heavy atom. The number of nitrogens with zero attached hydrogens (tertiary/aromatic N) is 3. The first-order valence-corrected chi connectivity index (χ1v) is 9.08. The summed E-state index contributed by atoms with van der Waals surface area (Å²) in [5.74, 6) is 0.665. The Bertz CT molecular complexity index is 880. The van der Waals surface area contributed by atoms with Crippen LogP contribution in [-0.2, 0) is 12.2 Å². The topological polar surface area (TPSA) is 61.8 Å². The van der Waals surface area contributed by atoms with E-state index >= 15 is 0 Å². The van der Waals surface area contributed by atoms with Gasteiger partial charge in [0.05, 0.1) is 22.6 Å². The lowest BCUT2D eigenvalue weighted by molar-refractivity contribution is 0.299. The highest BCUT2D eigenvalue weighted by Crippen LogP contribution is 2.27. The maximum atomic E-state index is 9.52. The molecule has 2 aromatic carbocycles. The average molecular weight is 349 g/mol. The highest BCUT2D eigenvalue weighted by atomic mass is 32.2. The van der Waals surface area contributed by atoms with Crippen LogP contribution < -0.4 is 0 Å². The molecule has 0 spiro atoms. The van der Waals surface area contributed by atoms with Crippen LogP contribution in [0.5, 0.6) is 0 Å². The van der Waals surface area contributed by atoms with Crippen LogP contribution >= 0.6 is 11.8 Å². The first-order chi connectivity index (χ1) is 12.2. The molecule has 0 atom stereocenters. The average Bonchev–Trinajstić information content (AvgIpc) is 2.97. The summed E-state index contributed by atoms with van der Waals surface area (Å²) in [5.41, 5.74) is 4.39. The number of rotatable bonds is 6. The van der Waals surface area contributed by atoms with Crippen LogP contribution in [0.3, 0.4) is 0 Å². The number of nitriles is 1. The molecule has 0 bridgehead atoms. The van der Waals surface area contributed by atoms with Gasteiger partial charge in [-0.15, -0.1) is 11.8 Å². The minimum absolute atomic E-state index is 0.160. The Hall–Kier alpha value is -2.55. The molecule has 0 radical (unpaired) electrons. The molecule has 25 heavy (non-hydrogen) atoms. The predicted molar refractivity (Wildman–Crippen MR) is 99.8 cm³/mol. The Labute approximate surface area is 151 Å². The first-order valence-electron chi connectivity index (χ1n) is 8.09. The van der Waals surface area contributed by atoms with Crippen molar-refractivity contribution in [2.75, 3.05) is 6.61 Å². The number of hydrogen-bond acceptors (Lipinski definition) is 4. The number of para-hydroxylation sites is 1. The maximum Gasteiger partial charge on any atom is 0.103 e. The summed E-state index contributed by atoms with van der Waals surface area (Å²) in [5, 5.41) is 23.1. The molecule has 0 fully saturated rings. The fourth-order valence-corrected chi connectivity index (χ4v) is 3.57. The molecule has 0 amide bonds. The Balaban J connectivity index is 1.85. The zero-order valence-electron chi connectivity index (χ0n) is 14.0. The van der Waals surface area contributed by atoms with Crippen molar-refractivity contribution in [3.8, 4) is 11.8 Å². The minimum atomic E-state index is 0.160. The van der Waals surface area contributed by atoms with E-state index in [9.17, 15) is 5.26 Å². The third-order valence-electron chi connectivity index (χ3n) is 3.97. The van der Waals surface area contributed by atoms with E-state index in [1.54, 1.807) is 11.8 Å². The molecule has 1 heterocycles. The summed E-state index contributed by atoms with van der Waals surface area (Å²) in [7, 11) is 0. The third kappa shape index (κ3) is 3.93. The molecule has 3 aromatic rings. The predicted octanol–water partition coefficient (Wildman–Crippen LogP) is 3.88. The van der Waals surface area contributed by atoms with E-state index in [1.807, 2.05) is 54.1 Å². The molecule has 0 saturated carbocycles. The lowest BCUT2D eigenvalue weighted by atomic mass is 10.2. The lowest BCUT2D eigenvalue weighted by Gasteiger charge is -2.08. The molecule has 0 aliphatic heterocycles. The monoisotopic (exact) mass is 349 g/mol. The second-order valence-electron chi connectivity index (χ2n) is 5.67. The third-order valence-corrected chi connectivity index (χ3v) is 4.99. The van der Waals surface area contributed by atoms with Crippen molar-refractivity contribution in [3.63, 3.8) is 0 Å². The standard InChI is InChI=1S/C20H19N3OS/c1-15-19(13-21)20(23(22-15)17-5-3-2-4-6-17)14-25-18-9-7-16(8-10-18)11-12-24/h2-10,24H,11-12,14H2,1H3. The van der Waals surface area contributed by atoms with Crippen molar-refractivity contribution in [1.82, 2.24) is 9.78 Å². The minimum Gasteiger partial charge on any atom is -0.396 e. The number of aryl methyl sites for hydroxylation is 1. The molecular formula is C20H19N3OS. The van der Waals surface area contributed by atoms with E-state index in [2.05, 4.69) is 23.3 Å². The highest BCUT2D eigenvalue weighted by molar-refractivity contribution is 7.98. The summed E-state index contributed by atoms with van der Waals surface area (Å²) < 4.78 is 1.86. The molecule has 4 nitrogen and oxygen atoms in total. The molecule has 0 unspecified atom stereocenters. The Morgan fingerprint density at radius 1 is 1.12 bits per heavy atom. The summed E-state index contributed by atoms with van der Waals surface area (Å²) >= 11 is 1.68. The molecule has 0 saturated heterocycles. The van der Waals surface area contributed by atoms with Gasteiger partial charge in [0, 0.05) is 17.3 Å². The summed E-state index contributed by atoms with van der Waals surface area (Å²) in [6, 6.07) is 20.3. The fourth-order valence-electron chi connectivity index (χ4n) is 2.67. The van der Waals surface area contributed by atoms with Crippen LogP contribution in [0, 0.1) is 18.3 Å². The molecule has 1 N–H and O–H groups in total. The molecule has 3 rings (SSSR count). The van der Waals surface area contributed by atoms with Crippen LogP contribution in [0.15, 0.2) is 59.5 Å². The molecule has 0 aliphatic carbocycles. The van der Waals surface area contributed by atoms with Gasteiger partial charge in [-0.05, 0) is 43.2 Å². The number of aromatic nitrogens is 2. The number of benzene rings is 2. The van der Waals surface area contributed by atoms with Crippen molar-refractivity contribution in [2.24, 2.45) is 0 Å². The van der Waals surface area contributed by atoms with Crippen LogP contribution in [-0.4, -0.2) is 21.5 Å². The summed E-state index contributed by atoms with van der Waals surface area (Å²) in [6.45, 7) is 2.03. The van der Waals surface area contributed by atoms with Gasteiger partial charge in [0.1, 0.15) is 6.07 Å². The van der Waals surface area contributed by atoms with Gasteiger partial charge in [0.25, 0.3) is 0 Å². The van der Waals surface area contributed by atoms with Crippen molar-refractivity contribution in [3.05, 3.63) is 77.1 Å². The number of hydrogen-bond donors (Lipinski definition) is 1. The van der Waals surface area contributed by atoms with Gasteiger partial charge in [-0.3, -0.25) is 0 Å². The van der Waals surface area contributed by atoms with Gasteiger partial charge in [-0.1, -0.05) is 30.3 Å². The van der Waals surface area contributed by atoms with Crippen LogP contribution in [0.4, 0.5) is 0 Å². The quantitative estimate of drug-likeness (QED) is 0.686. The SMILES string of the molecule is Cc1nn(-c2ccccc2)c(CSc2ccc(CCO)cc2)c1C#N. The molecule has 1 aromatic heterocycles. The highest BCUT2D eigenvalue weighted by Gasteiger charge is 2.16. The van der Waals surface area contributed by atoms with Gasteiger partial charge in [-0.2, -0.15) is 10.4 Å². The van der Waals surface area contributed by atoms with E-state index in [-0.39, 0.29) is 6.61 Å². The van der Waals surface area contributed by atoms with Gasteiger partial charge >= 0.3 is 0 Å². The molecule has 126 valence electrons. The van der Waals surface area contributed by atoms with Crippen LogP contribution in [0.2, 0.25) is 0 Å². The number of thioether (sulfide) groups is 1. The largest absolute Gasteiger partial charge is 0.396 e. The normalized spacial score (nSPS) is 10.6. The zero-order valence-corrected chi connectivity index (χ0v) is 14.8. The van der Waals surface area contributed by atoms with Crippen molar-refractivity contribution < 1.29 is 5.11 Å². The van der Waals surface area contributed by atoms with Gasteiger partial charge in [-0.25, -0.2) is 4.68 Å². The van der Waals surface area contributed by atoms with Gasteiger partial charge < -0.3 is 5.11 Å². The Morgan fingerprint density at radius 3 is 2.48 bits per heavy atom. The van der Waals surface area contributed by atoms with E-state index in [0.29, 0.717) is 17.7 Å². The smallest absolute Gasteiger partial charge is 0.103 e. The number of aliphatic hydroxyl groups is 1.